The molecule has 8 heteroatoms. The van der Waals surface area contributed by atoms with E-state index in [4.69, 9.17) is 4.74 Å². The van der Waals surface area contributed by atoms with Crippen LogP contribution < -0.4 is 15.4 Å². The highest BCUT2D eigenvalue weighted by atomic mass is 19.1. The highest BCUT2D eigenvalue weighted by molar-refractivity contribution is 5.79. The second kappa shape index (κ2) is 8.77. The SMILES string of the molecule is COc1ccccc1Nc1ncc2c(n1)CN(C(=O)Cc1cccc(F)c1)CCN2. The van der Waals surface area contributed by atoms with Crippen LogP contribution in [0.25, 0.3) is 0 Å². The van der Waals surface area contributed by atoms with Crippen molar-refractivity contribution in [3.05, 3.63) is 71.8 Å². The van der Waals surface area contributed by atoms with Crippen molar-refractivity contribution >= 4 is 23.2 Å². The van der Waals surface area contributed by atoms with Gasteiger partial charge in [-0.25, -0.2) is 14.4 Å². The smallest absolute Gasteiger partial charge is 0.227 e. The monoisotopic (exact) mass is 407 g/mol. The average Bonchev–Trinajstić information content (AvgIpc) is 2.96. The first-order valence-corrected chi connectivity index (χ1v) is 9.64. The predicted molar refractivity (Wildman–Crippen MR) is 112 cm³/mol. The Morgan fingerprint density at radius 1 is 1.27 bits per heavy atom. The van der Waals surface area contributed by atoms with Crippen LogP contribution in [-0.2, 0) is 17.8 Å². The maximum absolute atomic E-state index is 13.4. The molecule has 1 aliphatic heterocycles. The number of hydrogen-bond acceptors (Lipinski definition) is 6. The van der Waals surface area contributed by atoms with Crippen LogP contribution in [-0.4, -0.2) is 41.0 Å². The van der Waals surface area contributed by atoms with Crippen molar-refractivity contribution in [1.82, 2.24) is 14.9 Å². The largest absolute Gasteiger partial charge is 0.495 e. The van der Waals surface area contributed by atoms with Crippen LogP contribution >= 0.6 is 0 Å². The Labute approximate surface area is 173 Å². The molecule has 1 aliphatic rings. The summed E-state index contributed by atoms with van der Waals surface area (Å²) in [6.07, 6.45) is 1.85. The van der Waals surface area contributed by atoms with Gasteiger partial charge in [0.2, 0.25) is 11.9 Å². The van der Waals surface area contributed by atoms with E-state index < -0.39 is 0 Å². The third-order valence-electron chi connectivity index (χ3n) is 4.86. The molecule has 4 rings (SSSR count). The van der Waals surface area contributed by atoms with E-state index in [0.717, 1.165) is 11.4 Å². The van der Waals surface area contributed by atoms with E-state index >= 15 is 0 Å². The van der Waals surface area contributed by atoms with Crippen molar-refractivity contribution in [2.24, 2.45) is 0 Å². The molecule has 0 saturated carbocycles. The number of para-hydroxylation sites is 2. The lowest BCUT2D eigenvalue weighted by Crippen LogP contribution is -2.34. The van der Waals surface area contributed by atoms with Gasteiger partial charge < -0.3 is 20.3 Å². The summed E-state index contributed by atoms with van der Waals surface area (Å²) in [5.74, 6) is 0.677. The van der Waals surface area contributed by atoms with Crippen molar-refractivity contribution in [2.75, 3.05) is 30.8 Å². The van der Waals surface area contributed by atoms with Gasteiger partial charge in [0.05, 0.1) is 43.3 Å². The lowest BCUT2D eigenvalue weighted by atomic mass is 10.1. The van der Waals surface area contributed by atoms with Gasteiger partial charge in [0, 0.05) is 13.1 Å². The Hall–Kier alpha value is -3.68. The van der Waals surface area contributed by atoms with Crippen LogP contribution in [0.2, 0.25) is 0 Å². The van der Waals surface area contributed by atoms with E-state index in [1.807, 2.05) is 24.3 Å². The number of nitrogens with one attached hydrogen (secondary N) is 2. The van der Waals surface area contributed by atoms with E-state index in [0.29, 0.717) is 42.6 Å². The van der Waals surface area contributed by atoms with E-state index in [2.05, 4.69) is 20.6 Å². The zero-order valence-electron chi connectivity index (χ0n) is 16.6. The maximum atomic E-state index is 13.4. The molecule has 30 heavy (non-hydrogen) atoms. The molecule has 0 radical (unpaired) electrons. The Balaban J connectivity index is 1.51. The van der Waals surface area contributed by atoms with Crippen molar-refractivity contribution < 1.29 is 13.9 Å². The summed E-state index contributed by atoms with van der Waals surface area (Å²) in [5, 5.41) is 6.43. The number of methoxy groups -OCH3 is 1. The van der Waals surface area contributed by atoms with Gasteiger partial charge in [0.1, 0.15) is 11.6 Å². The van der Waals surface area contributed by atoms with Crippen molar-refractivity contribution in [2.45, 2.75) is 13.0 Å². The van der Waals surface area contributed by atoms with E-state index in [1.54, 1.807) is 30.3 Å². The minimum Gasteiger partial charge on any atom is -0.495 e. The van der Waals surface area contributed by atoms with Crippen LogP contribution in [0.3, 0.4) is 0 Å². The second-order valence-electron chi connectivity index (χ2n) is 6.93. The predicted octanol–water partition coefficient (Wildman–Crippen LogP) is 3.36. The highest BCUT2D eigenvalue weighted by Gasteiger charge is 2.21. The molecular formula is C22H22FN5O2. The molecule has 0 saturated heterocycles. The van der Waals surface area contributed by atoms with Gasteiger partial charge in [-0.2, -0.15) is 0 Å². The molecule has 0 bridgehead atoms. The molecule has 154 valence electrons. The molecule has 2 N–H and O–H groups in total. The number of ether oxygens (including phenoxy) is 1. The second-order valence-corrected chi connectivity index (χ2v) is 6.93. The minimum absolute atomic E-state index is 0.0758. The number of benzene rings is 2. The van der Waals surface area contributed by atoms with Crippen LogP contribution in [0.5, 0.6) is 5.75 Å². The average molecular weight is 407 g/mol. The fraction of sp³-hybridized carbons (Fsp3) is 0.227. The minimum atomic E-state index is -0.344. The summed E-state index contributed by atoms with van der Waals surface area (Å²) in [7, 11) is 1.60. The van der Waals surface area contributed by atoms with Crippen molar-refractivity contribution in [3.63, 3.8) is 0 Å². The Morgan fingerprint density at radius 3 is 2.97 bits per heavy atom. The van der Waals surface area contributed by atoms with Crippen molar-refractivity contribution in [3.8, 4) is 5.75 Å². The molecule has 3 aromatic rings. The van der Waals surface area contributed by atoms with E-state index in [1.165, 1.54) is 12.1 Å². The highest BCUT2D eigenvalue weighted by Crippen LogP contribution is 2.27. The fourth-order valence-electron chi connectivity index (χ4n) is 3.35. The summed E-state index contributed by atoms with van der Waals surface area (Å²) < 4.78 is 18.8. The molecule has 1 amide bonds. The van der Waals surface area contributed by atoms with Gasteiger partial charge in [0.15, 0.2) is 0 Å². The molecule has 2 aromatic carbocycles. The number of amides is 1. The van der Waals surface area contributed by atoms with E-state index in [9.17, 15) is 9.18 Å². The standard InChI is InChI=1S/C22H22FN5O2/c1-30-20-8-3-2-7-17(20)26-22-25-13-18-19(27-22)14-28(10-9-24-18)21(29)12-15-5-4-6-16(23)11-15/h2-8,11,13,24H,9-10,12,14H2,1H3,(H,25,26,27). The Morgan fingerprint density at radius 2 is 2.13 bits per heavy atom. The van der Waals surface area contributed by atoms with Crippen molar-refractivity contribution in [1.29, 1.82) is 0 Å². The van der Waals surface area contributed by atoms with Crippen LogP contribution in [0.1, 0.15) is 11.3 Å². The molecule has 0 fully saturated rings. The van der Waals surface area contributed by atoms with Gasteiger partial charge in [0.25, 0.3) is 0 Å². The quantitative estimate of drug-likeness (QED) is 0.675. The van der Waals surface area contributed by atoms with E-state index in [-0.39, 0.29) is 18.1 Å². The summed E-state index contributed by atoms with van der Waals surface area (Å²) in [6.45, 7) is 1.46. The Bertz CT molecular complexity index is 1060. The third kappa shape index (κ3) is 4.48. The number of aromatic nitrogens is 2. The number of fused-ring (bicyclic) bond motifs is 1. The van der Waals surface area contributed by atoms with Crippen LogP contribution in [0, 0.1) is 5.82 Å². The summed E-state index contributed by atoms with van der Waals surface area (Å²) >= 11 is 0. The number of nitrogens with zero attached hydrogens (tertiary/aromatic N) is 3. The van der Waals surface area contributed by atoms with Crippen LogP contribution in [0.15, 0.2) is 54.7 Å². The number of anilines is 3. The molecule has 2 heterocycles. The normalized spacial score (nSPS) is 13.1. The maximum Gasteiger partial charge on any atom is 0.227 e. The van der Waals surface area contributed by atoms with Gasteiger partial charge in [-0.1, -0.05) is 24.3 Å². The first kappa shape index (κ1) is 19.6. The molecule has 0 unspecified atom stereocenters. The molecule has 0 atom stereocenters. The molecular weight excluding hydrogens is 385 g/mol. The summed E-state index contributed by atoms with van der Waals surface area (Å²) in [5.41, 5.74) is 2.91. The number of hydrogen-bond donors (Lipinski definition) is 2. The molecule has 7 nitrogen and oxygen atoms in total. The molecule has 0 spiro atoms. The van der Waals surface area contributed by atoms with Gasteiger partial charge in [-0.15, -0.1) is 0 Å². The van der Waals surface area contributed by atoms with Gasteiger partial charge >= 0.3 is 0 Å². The fourth-order valence-corrected chi connectivity index (χ4v) is 3.35. The first-order valence-electron chi connectivity index (χ1n) is 9.64. The summed E-state index contributed by atoms with van der Waals surface area (Å²) in [6, 6.07) is 13.6. The molecule has 1 aromatic heterocycles. The third-order valence-corrected chi connectivity index (χ3v) is 4.86. The number of rotatable bonds is 5. The summed E-state index contributed by atoms with van der Waals surface area (Å²) in [4.78, 5) is 23.5. The van der Waals surface area contributed by atoms with Gasteiger partial charge in [-0.05, 0) is 29.8 Å². The Kier molecular flexibility index (Phi) is 5.74. The zero-order valence-corrected chi connectivity index (χ0v) is 16.6. The van der Waals surface area contributed by atoms with Crippen LogP contribution in [0.4, 0.5) is 21.7 Å². The molecule has 0 aliphatic carbocycles. The number of carbonyl (C=O) groups is 1. The lowest BCUT2D eigenvalue weighted by molar-refractivity contribution is -0.130. The topological polar surface area (TPSA) is 79.4 Å². The first-order chi connectivity index (χ1) is 14.6. The zero-order chi connectivity index (χ0) is 20.9. The van der Waals surface area contributed by atoms with Gasteiger partial charge in [-0.3, -0.25) is 4.79 Å². The number of halogens is 1. The lowest BCUT2D eigenvalue weighted by Gasteiger charge is -2.20. The number of carbonyl (C=O) groups excluding carboxylic acids is 1.